The number of rotatable bonds is 4. The highest BCUT2D eigenvalue weighted by Gasteiger charge is 2.10. The van der Waals surface area contributed by atoms with Crippen LogP contribution in [0.2, 0.25) is 0 Å². The zero-order valence-electron chi connectivity index (χ0n) is 10.9. The normalized spacial score (nSPS) is 9.90. The Labute approximate surface area is 120 Å². The molecule has 0 spiro atoms. The minimum Gasteiger partial charge on any atom is -0.373 e. The van der Waals surface area contributed by atoms with E-state index in [0.29, 0.717) is 22.5 Å². The maximum atomic E-state index is 13.5. The van der Waals surface area contributed by atoms with E-state index in [1.54, 1.807) is 19.2 Å². The number of thioether (sulfide) groups is 1. The van der Waals surface area contributed by atoms with Crippen LogP contribution in [0.4, 0.5) is 21.7 Å². The molecule has 102 valence electrons. The fourth-order valence-electron chi connectivity index (χ4n) is 1.59. The monoisotopic (exact) mass is 289 g/mol. The Kier molecular flexibility index (Phi) is 4.38. The van der Waals surface area contributed by atoms with Gasteiger partial charge in [-0.25, -0.2) is 14.4 Å². The van der Waals surface area contributed by atoms with E-state index < -0.39 is 5.82 Å². The molecule has 0 aliphatic carbocycles. The molecule has 0 amide bonds. The smallest absolute Gasteiger partial charge is 0.191 e. The second-order valence-corrected chi connectivity index (χ2v) is 4.55. The maximum Gasteiger partial charge on any atom is 0.191 e. The Bertz CT molecular complexity index is 646. The van der Waals surface area contributed by atoms with Crippen LogP contribution >= 0.6 is 11.8 Å². The minimum atomic E-state index is -0.564. The summed E-state index contributed by atoms with van der Waals surface area (Å²) in [6.07, 6.45) is 1.86. The molecular weight excluding hydrogens is 277 g/mol. The van der Waals surface area contributed by atoms with E-state index in [0.717, 1.165) is 0 Å². The molecule has 0 unspecified atom stereocenters. The molecule has 2 aromatic rings. The van der Waals surface area contributed by atoms with Gasteiger partial charge in [0, 0.05) is 13.1 Å². The quantitative estimate of drug-likeness (QED) is 0.666. The van der Waals surface area contributed by atoms with Gasteiger partial charge < -0.3 is 10.6 Å². The van der Waals surface area contributed by atoms with Crippen LogP contribution in [-0.2, 0) is 0 Å². The van der Waals surface area contributed by atoms with Gasteiger partial charge >= 0.3 is 0 Å². The predicted octanol–water partition coefficient (Wildman–Crippen LogP) is 2.99. The second kappa shape index (κ2) is 6.21. The van der Waals surface area contributed by atoms with Crippen molar-refractivity contribution in [1.82, 2.24) is 9.97 Å². The SMILES string of the molecule is CNc1cc(Nc2cccc(F)c2C#N)nc(SC)n1. The number of halogens is 1. The molecule has 1 aromatic carbocycles. The van der Waals surface area contributed by atoms with Crippen molar-refractivity contribution in [1.29, 1.82) is 5.26 Å². The highest BCUT2D eigenvalue weighted by atomic mass is 32.2. The van der Waals surface area contributed by atoms with E-state index in [2.05, 4.69) is 20.6 Å². The summed E-state index contributed by atoms with van der Waals surface area (Å²) in [6.45, 7) is 0. The molecule has 0 aliphatic rings. The van der Waals surface area contributed by atoms with E-state index in [4.69, 9.17) is 5.26 Å². The zero-order chi connectivity index (χ0) is 14.5. The molecule has 0 fully saturated rings. The number of nitrogens with zero attached hydrogens (tertiary/aromatic N) is 3. The third-order valence-corrected chi connectivity index (χ3v) is 3.08. The summed E-state index contributed by atoms with van der Waals surface area (Å²) >= 11 is 1.39. The van der Waals surface area contributed by atoms with Gasteiger partial charge in [0.1, 0.15) is 29.1 Å². The molecule has 1 heterocycles. The lowest BCUT2D eigenvalue weighted by Crippen LogP contribution is -2.02. The van der Waals surface area contributed by atoms with Gasteiger partial charge in [-0.05, 0) is 18.4 Å². The van der Waals surface area contributed by atoms with Crippen molar-refractivity contribution in [3.8, 4) is 6.07 Å². The molecular formula is C13H12FN5S. The molecule has 0 saturated heterocycles. The maximum absolute atomic E-state index is 13.5. The molecule has 20 heavy (non-hydrogen) atoms. The van der Waals surface area contributed by atoms with Gasteiger partial charge in [-0.15, -0.1) is 0 Å². The Balaban J connectivity index is 2.40. The first-order valence-corrected chi connectivity index (χ1v) is 6.97. The molecule has 1 aromatic heterocycles. The van der Waals surface area contributed by atoms with Gasteiger partial charge in [0.2, 0.25) is 0 Å². The number of hydrogen-bond donors (Lipinski definition) is 2. The summed E-state index contributed by atoms with van der Waals surface area (Å²) in [5, 5.41) is 15.4. The van der Waals surface area contributed by atoms with Crippen LogP contribution in [0.15, 0.2) is 29.4 Å². The van der Waals surface area contributed by atoms with Crippen molar-refractivity contribution >= 4 is 29.1 Å². The van der Waals surface area contributed by atoms with Crippen LogP contribution in [0.25, 0.3) is 0 Å². The topological polar surface area (TPSA) is 73.6 Å². The first-order chi connectivity index (χ1) is 9.67. The number of nitrogens with one attached hydrogen (secondary N) is 2. The van der Waals surface area contributed by atoms with Crippen LogP contribution in [0, 0.1) is 17.1 Å². The highest BCUT2D eigenvalue weighted by molar-refractivity contribution is 7.98. The van der Waals surface area contributed by atoms with Gasteiger partial charge in [0.25, 0.3) is 0 Å². The summed E-state index contributed by atoms with van der Waals surface area (Å²) in [4.78, 5) is 8.50. The molecule has 0 atom stereocenters. The minimum absolute atomic E-state index is 0.0391. The Morgan fingerprint density at radius 3 is 2.70 bits per heavy atom. The van der Waals surface area contributed by atoms with E-state index in [-0.39, 0.29) is 5.56 Å². The van der Waals surface area contributed by atoms with Crippen molar-refractivity contribution < 1.29 is 4.39 Å². The van der Waals surface area contributed by atoms with Crippen LogP contribution in [-0.4, -0.2) is 23.3 Å². The molecule has 0 aliphatic heterocycles. The van der Waals surface area contributed by atoms with Crippen molar-refractivity contribution in [2.24, 2.45) is 0 Å². The summed E-state index contributed by atoms with van der Waals surface area (Å²) in [5.74, 6) is 0.572. The number of hydrogen-bond acceptors (Lipinski definition) is 6. The van der Waals surface area contributed by atoms with Gasteiger partial charge in [0.05, 0.1) is 5.69 Å². The van der Waals surface area contributed by atoms with Crippen molar-refractivity contribution in [3.05, 3.63) is 35.6 Å². The summed E-state index contributed by atoms with van der Waals surface area (Å²) in [5.41, 5.74) is 0.336. The first-order valence-electron chi connectivity index (χ1n) is 5.74. The average molecular weight is 289 g/mol. The van der Waals surface area contributed by atoms with Gasteiger partial charge in [-0.3, -0.25) is 0 Å². The van der Waals surface area contributed by atoms with Crippen LogP contribution in [0.1, 0.15) is 5.56 Å². The molecule has 2 rings (SSSR count). The van der Waals surface area contributed by atoms with E-state index >= 15 is 0 Å². The standard InChI is InChI=1S/C13H12FN5S/c1-16-11-6-12(19-13(18-11)20-2)17-10-5-3-4-9(14)8(10)7-15/h3-6H,1-2H3,(H2,16,17,18,19). The zero-order valence-corrected chi connectivity index (χ0v) is 11.8. The lowest BCUT2D eigenvalue weighted by Gasteiger charge is -2.10. The highest BCUT2D eigenvalue weighted by Crippen LogP contribution is 2.24. The Hall–Kier alpha value is -2.33. The fraction of sp³-hybridized carbons (Fsp3) is 0.154. The third-order valence-electron chi connectivity index (χ3n) is 2.53. The Morgan fingerprint density at radius 2 is 2.05 bits per heavy atom. The molecule has 0 radical (unpaired) electrons. The van der Waals surface area contributed by atoms with Crippen molar-refractivity contribution in [2.45, 2.75) is 5.16 Å². The molecule has 7 heteroatoms. The van der Waals surface area contributed by atoms with E-state index in [9.17, 15) is 4.39 Å². The number of anilines is 3. The molecule has 0 bridgehead atoms. The van der Waals surface area contributed by atoms with Gasteiger partial charge in [-0.1, -0.05) is 17.8 Å². The van der Waals surface area contributed by atoms with Gasteiger partial charge in [-0.2, -0.15) is 5.26 Å². The largest absolute Gasteiger partial charge is 0.373 e. The number of nitriles is 1. The second-order valence-electron chi connectivity index (χ2n) is 3.77. The lowest BCUT2D eigenvalue weighted by molar-refractivity contribution is 0.624. The summed E-state index contributed by atoms with van der Waals surface area (Å²) in [7, 11) is 1.75. The summed E-state index contributed by atoms with van der Waals surface area (Å²) in [6, 6.07) is 7.93. The van der Waals surface area contributed by atoms with Crippen molar-refractivity contribution in [3.63, 3.8) is 0 Å². The summed E-state index contributed by atoms with van der Waals surface area (Å²) < 4.78 is 13.5. The predicted molar refractivity (Wildman–Crippen MR) is 77.8 cm³/mol. The number of benzene rings is 1. The molecule has 2 N–H and O–H groups in total. The van der Waals surface area contributed by atoms with Crippen LogP contribution < -0.4 is 10.6 Å². The van der Waals surface area contributed by atoms with Gasteiger partial charge in [0.15, 0.2) is 5.16 Å². The third kappa shape index (κ3) is 2.97. The van der Waals surface area contributed by atoms with Crippen LogP contribution in [0.5, 0.6) is 0 Å². The Morgan fingerprint density at radius 1 is 1.30 bits per heavy atom. The fourth-order valence-corrected chi connectivity index (χ4v) is 1.97. The molecule has 0 saturated carbocycles. The van der Waals surface area contributed by atoms with Crippen LogP contribution in [0.3, 0.4) is 0 Å². The molecule has 5 nitrogen and oxygen atoms in total. The van der Waals surface area contributed by atoms with E-state index in [1.165, 1.54) is 23.9 Å². The van der Waals surface area contributed by atoms with E-state index in [1.807, 2.05) is 12.3 Å². The lowest BCUT2D eigenvalue weighted by atomic mass is 10.2. The number of aromatic nitrogens is 2. The average Bonchev–Trinajstić information content (AvgIpc) is 2.47. The van der Waals surface area contributed by atoms with Crippen molar-refractivity contribution in [2.75, 3.05) is 23.9 Å². The first kappa shape index (κ1) is 14.1.